The van der Waals surface area contributed by atoms with Gasteiger partial charge in [0, 0.05) is 28.9 Å². The third-order valence-electron chi connectivity index (χ3n) is 3.62. The maximum Gasteiger partial charge on any atom is 0.417 e. The highest BCUT2D eigenvalue weighted by atomic mass is 32.1. The lowest BCUT2D eigenvalue weighted by Gasteiger charge is -2.12. The second kappa shape index (κ2) is 6.80. The van der Waals surface area contributed by atoms with Crippen LogP contribution < -0.4 is 16.3 Å². The third-order valence-corrected chi connectivity index (χ3v) is 3.82. The van der Waals surface area contributed by atoms with E-state index in [1.165, 1.54) is 18.2 Å². The SMILES string of the molecule is Cc1ccc(NC(=S)Nc2ccc3c(C(F)(F)F)cc(=O)oc3c2)cc1. The molecule has 0 bridgehead atoms. The smallest absolute Gasteiger partial charge is 0.417 e. The largest absolute Gasteiger partial charge is 0.423 e. The van der Waals surface area contributed by atoms with E-state index in [4.69, 9.17) is 16.6 Å². The highest BCUT2D eigenvalue weighted by Gasteiger charge is 2.33. The van der Waals surface area contributed by atoms with Crippen LogP contribution in [0.2, 0.25) is 0 Å². The fourth-order valence-corrected chi connectivity index (χ4v) is 2.64. The molecule has 0 saturated heterocycles. The molecule has 2 aromatic carbocycles. The van der Waals surface area contributed by atoms with Gasteiger partial charge in [0.2, 0.25) is 0 Å². The number of hydrogen-bond acceptors (Lipinski definition) is 3. The van der Waals surface area contributed by atoms with Gasteiger partial charge in [-0.1, -0.05) is 17.7 Å². The van der Waals surface area contributed by atoms with Gasteiger partial charge in [-0.2, -0.15) is 13.2 Å². The number of anilines is 2. The minimum atomic E-state index is -4.65. The first kappa shape index (κ1) is 17.9. The molecule has 4 nitrogen and oxygen atoms in total. The van der Waals surface area contributed by atoms with Crippen LogP contribution in [-0.2, 0) is 6.18 Å². The molecule has 0 aliphatic carbocycles. The van der Waals surface area contributed by atoms with Gasteiger partial charge in [0.05, 0.1) is 5.56 Å². The Kier molecular flexibility index (Phi) is 4.69. The quantitative estimate of drug-likeness (QED) is 0.489. The Morgan fingerprint density at radius 3 is 2.27 bits per heavy atom. The number of aryl methyl sites for hydroxylation is 1. The van der Waals surface area contributed by atoms with Crippen LogP contribution in [0.4, 0.5) is 24.5 Å². The molecule has 26 heavy (non-hydrogen) atoms. The van der Waals surface area contributed by atoms with Crippen molar-refractivity contribution < 1.29 is 17.6 Å². The topological polar surface area (TPSA) is 54.3 Å². The van der Waals surface area contributed by atoms with E-state index < -0.39 is 17.4 Å². The third kappa shape index (κ3) is 4.02. The van der Waals surface area contributed by atoms with E-state index in [2.05, 4.69) is 10.6 Å². The number of fused-ring (bicyclic) bond motifs is 1. The summed E-state index contributed by atoms with van der Waals surface area (Å²) in [6.07, 6.45) is -4.65. The lowest BCUT2D eigenvalue weighted by molar-refractivity contribution is -0.136. The van der Waals surface area contributed by atoms with E-state index in [9.17, 15) is 18.0 Å². The number of thiocarbonyl (C=S) groups is 1. The molecule has 0 atom stereocenters. The molecule has 134 valence electrons. The Morgan fingerprint density at radius 2 is 1.62 bits per heavy atom. The first-order chi connectivity index (χ1) is 12.2. The number of hydrogen-bond donors (Lipinski definition) is 2. The van der Waals surface area contributed by atoms with Crippen LogP contribution in [0, 0.1) is 6.92 Å². The van der Waals surface area contributed by atoms with Gasteiger partial charge in [0.1, 0.15) is 5.58 Å². The van der Waals surface area contributed by atoms with E-state index in [0.29, 0.717) is 11.8 Å². The van der Waals surface area contributed by atoms with Crippen LogP contribution in [-0.4, -0.2) is 5.11 Å². The first-order valence-electron chi connectivity index (χ1n) is 7.52. The van der Waals surface area contributed by atoms with E-state index in [0.717, 1.165) is 11.3 Å². The minimum absolute atomic E-state index is 0.173. The molecule has 3 rings (SSSR count). The molecule has 0 saturated carbocycles. The van der Waals surface area contributed by atoms with Gasteiger partial charge >= 0.3 is 11.8 Å². The highest BCUT2D eigenvalue weighted by Crippen LogP contribution is 2.34. The minimum Gasteiger partial charge on any atom is -0.423 e. The predicted molar refractivity (Wildman–Crippen MR) is 98.5 cm³/mol. The van der Waals surface area contributed by atoms with E-state index >= 15 is 0 Å². The average molecular weight is 378 g/mol. The van der Waals surface area contributed by atoms with Crippen LogP contribution >= 0.6 is 12.2 Å². The van der Waals surface area contributed by atoms with Crippen molar-refractivity contribution in [1.82, 2.24) is 0 Å². The fraction of sp³-hybridized carbons (Fsp3) is 0.111. The molecule has 0 radical (unpaired) electrons. The van der Waals surface area contributed by atoms with Crippen molar-refractivity contribution in [3.05, 3.63) is 70.1 Å². The molecule has 1 aromatic heterocycles. The number of alkyl halides is 3. The number of rotatable bonds is 2. The molecule has 8 heteroatoms. The Morgan fingerprint density at radius 1 is 1.00 bits per heavy atom. The number of halogens is 3. The van der Waals surface area contributed by atoms with Crippen LogP contribution in [0.3, 0.4) is 0 Å². The first-order valence-corrected chi connectivity index (χ1v) is 7.93. The molecule has 2 N–H and O–H groups in total. The van der Waals surface area contributed by atoms with Gasteiger partial charge < -0.3 is 15.1 Å². The Balaban J connectivity index is 1.86. The number of benzene rings is 2. The van der Waals surface area contributed by atoms with E-state index in [1.54, 1.807) is 0 Å². The summed E-state index contributed by atoms with van der Waals surface area (Å²) in [6, 6.07) is 11.9. The fourth-order valence-electron chi connectivity index (χ4n) is 2.41. The van der Waals surface area contributed by atoms with Crippen LogP contribution in [0.15, 0.2) is 57.7 Å². The summed E-state index contributed by atoms with van der Waals surface area (Å²) in [5.41, 5.74) is -0.0187. The van der Waals surface area contributed by atoms with Crippen molar-refractivity contribution in [2.75, 3.05) is 10.6 Å². The van der Waals surface area contributed by atoms with Crippen LogP contribution in [0.5, 0.6) is 0 Å². The van der Waals surface area contributed by atoms with Crippen molar-refractivity contribution >= 4 is 39.7 Å². The molecule has 0 fully saturated rings. The number of nitrogens with one attached hydrogen (secondary N) is 2. The standard InChI is InChI=1S/C18H13F3N2O2S/c1-10-2-4-11(5-3-10)22-17(26)23-12-6-7-13-14(18(19,20)21)9-16(24)25-15(13)8-12/h2-9H,1H3,(H2,22,23,26). The monoisotopic (exact) mass is 378 g/mol. The van der Waals surface area contributed by atoms with Crippen LogP contribution in [0.1, 0.15) is 11.1 Å². The Labute approximate surface area is 151 Å². The van der Waals surface area contributed by atoms with Gasteiger partial charge in [-0.15, -0.1) is 0 Å². The highest BCUT2D eigenvalue weighted by molar-refractivity contribution is 7.80. The normalized spacial score (nSPS) is 11.4. The van der Waals surface area contributed by atoms with Gasteiger partial charge in [0.25, 0.3) is 0 Å². The van der Waals surface area contributed by atoms with E-state index in [-0.39, 0.29) is 16.1 Å². The zero-order chi connectivity index (χ0) is 18.9. The van der Waals surface area contributed by atoms with Crippen LogP contribution in [0.25, 0.3) is 11.0 Å². The average Bonchev–Trinajstić information content (AvgIpc) is 2.55. The van der Waals surface area contributed by atoms with Gasteiger partial charge in [-0.05, 0) is 43.4 Å². The zero-order valence-electron chi connectivity index (χ0n) is 13.5. The van der Waals surface area contributed by atoms with Crippen molar-refractivity contribution in [1.29, 1.82) is 0 Å². The van der Waals surface area contributed by atoms with Crippen molar-refractivity contribution in [3.63, 3.8) is 0 Å². The molecule has 3 aromatic rings. The summed E-state index contributed by atoms with van der Waals surface area (Å²) < 4.78 is 44.0. The summed E-state index contributed by atoms with van der Waals surface area (Å²) in [4.78, 5) is 11.4. The second-order valence-electron chi connectivity index (χ2n) is 5.63. The summed E-state index contributed by atoms with van der Waals surface area (Å²) in [5.74, 6) is 0. The van der Waals surface area contributed by atoms with Gasteiger partial charge in [0.15, 0.2) is 5.11 Å². The van der Waals surface area contributed by atoms with Crippen molar-refractivity contribution in [3.8, 4) is 0 Å². The molecule has 0 amide bonds. The molecule has 0 aliphatic heterocycles. The molecule has 0 unspecified atom stereocenters. The maximum atomic E-state index is 13.1. The predicted octanol–water partition coefficient (Wildman–Crippen LogP) is 4.93. The molecular weight excluding hydrogens is 365 g/mol. The molecule has 0 aliphatic rings. The molecule has 0 spiro atoms. The zero-order valence-corrected chi connectivity index (χ0v) is 14.3. The summed E-state index contributed by atoms with van der Waals surface area (Å²) >= 11 is 5.19. The maximum absolute atomic E-state index is 13.1. The second-order valence-corrected chi connectivity index (χ2v) is 6.04. The van der Waals surface area contributed by atoms with Gasteiger partial charge in [-0.3, -0.25) is 0 Å². The summed E-state index contributed by atoms with van der Waals surface area (Å²) in [6.45, 7) is 1.96. The Bertz CT molecular complexity index is 1030. The lowest BCUT2D eigenvalue weighted by atomic mass is 10.1. The van der Waals surface area contributed by atoms with Crippen molar-refractivity contribution in [2.45, 2.75) is 13.1 Å². The van der Waals surface area contributed by atoms with E-state index in [1.807, 2.05) is 31.2 Å². The molecule has 1 heterocycles. The summed E-state index contributed by atoms with van der Waals surface area (Å²) in [5, 5.41) is 5.87. The van der Waals surface area contributed by atoms with Gasteiger partial charge in [-0.25, -0.2) is 4.79 Å². The summed E-state index contributed by atoms with van der Waals surface area (Å²) in [7, 11) is 0. The van der Waals surface area contributed by atoms with Crippen molar-refractivity contribution in [2.24, 2.45) is 0 Å². The Hall–Kier alpha value is -2.87. The lowest BCUT2D eigenvalue weighted by Crippen LogP contribution is -2.19. The molecular formula is C18H13F3N2O2S.